The van der Waals surface area contributed by atoms with Gasteiger partial charge in [-0.15, -0.1) is 0 Å². The summed E-state index contributed by atoms with van der Waals surface area (Å²) < 4.78 is 24.3. The van der Waals surface area contributed by atoms with Crippen LogP contribution in [0.2, 0.25) is 0 Å². The Morgan fingerprint density at radius 2 is 1.80 bits per heavy atom. The van der Waals surface area contributed by atoms with Crippen LogP contribution in [0.3, 0.4) is 0 Å². The highest BCUT2D eigenvalue weighted by molar-refractivity contribution is 6.07. The maximum atomic E-state index is 13.6. The van der Waals surface area contributed by atoms with E-state index in [-0.39, 0.29) is 5.82 Å². The molecule has 0 fully saturated rings. The van der Waals surface area contributed by atoms with Gasteiger partial charge in [-0.1, -0.05) is 51.7 Å². The summed E-state index contributed by atoms with van der Waals surface area (Å²) in [5, 5.41) is 1.30. The fourth-order valence-electron chi connectivity index (χ4n) is 2.90. The summed E-state index contributed by atoms with van der Waals surface area (Å²) in [5.74, 6) is 0.285. The van der Waals surface area contributed by atoms with Gasteiger partial charge in [0, 0.05) is 5.39 Å². The van der Waals surface area contributed by atoms with E-state index in [2.05, 4.69) is 13.8 Å². The van der Waals surface area contributed by atoms with Gasteiger partial charge in [0.2, 0.25) is 0 Å². The quantitative estimate of drug-likeness (QED) is 0.428. The zero-order chi connectivity index (χ0) is 18.2. The molecule has 0 spiro atoms. The predicted octanol–water partition coefficient (Wildman–Crippen LogP) is 5.75. The molecule has 0 saturated heterocycles. The number of carbonyl (C=O) groups excluding carboxylic acids is 1. The molecule has 0 N–H and O–H groups in total. The Morgan fingerprint density at radius 3 is 2.52 bits per heavy atom. The lowest BCUT2D eigenvalue weighted by Crippen LogP contribution is -2.09. The van der Waals surface area contributed by atoms with Crippen molar-refractivity contribution in [3.8, 4) is 5.75 Å². The third-order valence-electron chi connectivity index (χ3n) is 4.28. The van der Waals surface area contributed by atoms with Gasteiger partial charge in [-0.3, -0.25) is 0 Å². The van der Waals surface area contributed by atoms with Crippen molar-refractivity contribution < 1.29 is 18.7 Å². The summed E-state index contributed by atoms with van der Waals surface area (Å²) in [6, 6.07) is 7.89. The van der Waals surface area contributed by atoms with Gasteiger partial charge in [0.1, 0.15) is 17.1 Å². The Kier molecular flexibility index (Phi) is 7.23. The number of ether oxygens (including phenoxy) is 2. The van der Waals surface area contributed by atoms with E-state index in [9.17, 15) is 9.18 Å². The fraction of sp³-hybridized carbons (Fsp3) is 0.476. The van der Waals surface area contributed by atoms with Crippen LogP contribution < -0.4 is 4.74 Å². The normalized spacial score (nSPS) is 11.1. The van der Waals surface area contributed by atoms with Crippen molar-refractivity contribution in [3.05, 3.63) is 41.7 Å². The van der Waals surface area contributed by atoms with Gasteiger partial charge < -0.3 is 9.47 Å². The number of halogens is 1. The smallest absolute Gasteiger partial charge is 0.342 e. The van der Waals surface area contributed by atoms with Crippen LogP contribution in [-0.4, -0.2) is 19.7 Å². The van der Waals surface area contributed by atoms with Gasteiger partial charge in [-0.25, -0.2) is 9.18 Å². The summed E-state index contributed by atoms with van der Waals surface area (Å²) in [7, 11) is 1.49. The van der Waals surface area contributed by atoms with Crippen molar-refractivity contribution in [3.63, 3.8) is 0 Å². The fourth-order valence-corrected chi connectivity index (χ4v) is 2.90. The van der Waals surface area contributed by atoms with Crippen LogP contribution >= 0.6 is 0 Å². The molecule has 0 unspecified atom stereocenters. The largest absolute Gasteiger partial charge is 0.496 e. The van der Waals surface area contributed by atoms with Gasteiger partial charge >= 0.3 is 5.97 Å². The van der Waals surface area contributed by atoms with Gasteiger partial charge in [-0.05, 0) is 35.9 Å². The molecule has 0 radical (unpaired) electrons. The number of carbonyl (C=O) groups is 1. The maximum absolute atomic E-state index is 13.6. The summed E-state index contributed by atoms with van der Waals surface area (Å²) in [6.45, 7) is 4.82. The lowest BCUT2D eigenvalue weighted by atomic mass is 10.0. The highest BCUT2D eigenvalue weighted by Crippen LogP contribution is 2.29. The molecular formula is C21H27FO3. The van der Waals surface area contributed by atoms with Crippen LogP contribution in [0.25, 0.3) is 10.8 Å². The van der Waals surface area contributed by atoms with Crippen LogP contribution in [0.5, 0.6) is 5.75 Å². The summed E-state index contributed by atoms with van der Waals surface area (Å²) in [6.07, 6.45) is 5.48. The number of hydrogen-bond acceptors (Lipinski definition) is 3. The van der Waals surface area contributed by atoms with Crippen molar-refractivity contribution in [1.82, 2.24) is 0 Å². The van der Waals surface area contributed by atoms with Crippen LogP contribution in [0.15, 0.2) is 30.3 Å². The number of fused-ring (bicyclic) bond motifs is 1. The molecule has 4 heteroatoms. The SMILES string of the molecule is COc1ccc2ccc(F)cc2c1C(=O)OCCCCCCC(C)C. The lowest BCUT2D eigenvalue weighted by molar-refractivity contribution is 0.0496. The van der Waals surface area contributed by atoms with Crippen LogP contribution in [0.1, 0.15) is 56.3 Å². The first kappa shape index (κ1) is 19.2. The Bertz CT molecular complexity index is 710. The van der Waals surface area contributed by atoms with E-state index in [4.69, 9.17) is 9.47 Å². The molecular weight excluding hydrogens is 319 g/mol. The van der Waals surface area contributed by atoms with Gasteiger partial charge in [0.05, 0.1) is 13.7 Å². The van der Waals surface area contributed by atoms with Crippen LogP contribution in [0, 0.1) is 11.7 Å². The molecule has 2 rings (SSSR count). The van der Waals surface area contributed by atoms with Gasteiger partial charge in [-0.2, -0.15) is 0 Å². The molecule has 0 aliphatic rings. The molecule has 0 bridgehead atoms. The molecule has 0 saturated carbocycles. The Labute approximate surface area is 149 Å². The molecule has 0 atom stereocenters. The van der Waals surface area contributed by atoms with Crippen molar-refractivity contribution in [2.75, 3.05) is 13.7 Å². The van der Waals surface area contributed by atoms with E-state index < -0.39 is 5.97 Å². The molecule has 0 aliphatic carbocycles. The van der Waals surface area contributed by atoms with Crippen LogP contribution in [0.4, 0.5) is 4.39 Å². The predicted molar refractivity (Wildman–Crippen MR) is 98.7 cm³/mol. The zero-order valence-electron chi connectivity index (χ0n) is 15.3. The molecule has 136 valence electrons. The van der Waals surface area contributed by atoms with Crippen molar-refractivity contribution in [2.45, 2.75) is 46.0 Å². The third kappa shape index (κ3) is 5.45. The Balaban J connectivity index is 1.98. The number of rotatable bonds is 9. The standard InChI is InChI=1S/C21H27FO3/c1-15(2)8-6-4-5-7-13-25-21(23)20-18-14-17(22)11-9-16(18)10-12-19(20)24-3/h9-12,14-15H,4-8,13H2,1-3H3. The first-order chi connectivity index (χ1) is 12.0. The summed E-state index contributed by atoms with van der Waals surface area (Å²) in [4.78, 5) is 12.5. The zero-order valence-corrected chi connectivity index (χ0v) is 15.3. The number of esters is 1. The number of hydrogen-bond donors (Lipinski definition) is 0. The topological polar surface area (TPSA) is 35.5 Å². The molecule has 2 aromatic rings. The minimum atomic E-state index is -0.463. The van der Waals surface area contributed by atoms with Crippen molar-refractivity contribution >= 4 is 16.7 Å². The molecule has 0 aliphatic heterocycles. The first-order valence-corrected chi connectivity index (χ1v) is 8.96. The highest BCUT2D eigenvalue weighted by atomic mass is 19.1. The molecule has 0 amide bonds. The second-order valence-corrected chi connectivity index (χ2v) is 6.74. The monoisotopic (exact) mass is 346 g/mol. The lowest BCUT2D eigenvalue weighted by Gasteiger charge is -2.12. The number of methoxy groups -OCH3 is 1. The maximum Gasteiger partial charge on any atom is 0.342 e. The third-order valence-corrected chi connectivity index (χ3v) is 4.28. The molecule has 0 aromatic heterocycles. The summed E-state index contributed by atoms with van der Waals surface area (Å²) in [5.41, 5.74) is 0.291. The Morgan fingerprint density at radius 1 is 1.08 bits per heavy atom. The number of unbranched alkanes of at least 4 members (excludes halogenated alkanes) is 3. The molecule has 3 nitrogen and oxygen atoms in total. The van der Waals surface area contributed by atoms with Crippen molar-refractivity contribution in [2.24, 2.45) is 5.92 Å². The van der Waals surface area contributed by atoms with Gasteiger partial charge in [0.15, 0.2) is 0 Å². The van der Waals surface area contributed by atoms with E-state index >= 15 is 0 Å². The highest BCUT2D eigenvalue weighted by Gasteiger charge is 2.18. The van der Waals surface area contributed by atoms with Gasteiger partial charge in [0.25, 0.3) is 0 Å². The summed E-state index contributed by atoms with van der Waals surface area (Å²) >= 11 is 0. The second-order valence-electron chi connectivity index (χ2n) is 6.74. The average molecular weight is 346 g/mol. The van der Waals surface area contributed by atoms with E-state index in [1.165, 1.54) is 32.1 Å². The van der Waals surface area contributed by atoms with E-state index in [0.717, 1.165) is 30.6 Å². The second kappa shape index (κ2) is 9.40. The molecule has 2 aromatic carbocycles. The van der Waals surface area contributed by atoms with E-state index in [1.807, 2.05) is 0 Å². The van der Waals surface area contributed by atoms with Crippen molar-refractivity contribution in [1.29, 1.82) is 0 Å². The minimum Gasteiger partial charge on any atom is -0.496 e. The van der Waals surface area contributed by atoms with Crippen LogP contribution in [-0.2, 0) is 4.74 Å². The van der Waals surface area contributed by atoms with E-state index in [1.54, 1.807) is 18.2 Å². The first-order valence-electron chi connectivity index (χ1n) is 8.96. The molecule has 0 heterocycles. The van der Waals surface area contributed by atoms with E-state index in [0.29, 0.717) is 23.3 Å². The number of benzene rings is 2. The molecule has 25 heavy (non-hydrogen) atoms. The minimum absolute atomic E-state index is 0.291. The Hall–Kier alpha value is -2.10. The average Bonchev–Trinajstić information content (AvgIpc) is 2.59.